The average Bonchev–Trinajstić information content (AvgIpc) is 2.20. The van der Waals surface area contributed by atoms with Crippen LogP contribution in [0.15, 0.2) is 0 Å². The van der Waals surface area contributed by atoms with E-state index in [0.717, 1.165) is 12.8 Å². The Morgan fingerprint density at radius 1 is 1.15 bits per heavy atom. The zero-order valence-corrected chi connectivity index (χ0v) is 9.40. The van der Waals surface area contributed by atoms with Gasteiger partial charge in [0, 0.05) is 13.0 Å². The summed E-state index contributed by atoms with van der Waals surface area (Å²) in [7, 11) is 1.73. The lowest BCUT2D eigenvalue weighted by atomic mass is 9.72. The molecule has 1 rings (SSSR count). The van der Waals surface area contributed by atoms with Crippen molar-refractivity contribution in [2.75, 3.05) is 7.05 Å². The van der Waals surface area contributed by atoms with Crippen molar-refractivity contribution >= 4 is 5.91 Å². The van der Waals surface area contributed by atoms with Crippen molar-refractivity contribution in [2.45, 2.75) is 40.5 Å². The van der Waals surface area contributed by atoms with E-state index < -0.39 is 0 Å². The Morgan fingerprint density at radius 3 is 1.85 bits per heavy atom. The van der Waals surface area contributed by atoms with Gasteiger partial charge in [0.15, 0.2) is 0 Å². The molecule has 0 aromatic rings. The number of nitrogens with one attached hydrogen (secondary N) is 1. The topological polar surface area (TPSA) is 29.1 Å². The van der Waals surface area contributed by atoms with Crippen LogP contribution in [0.25, 0.3) is 0 Å². The number of hydrogen-bond acceptors (Lipinski definition) is 1. The maximum Gasteiger partial charge on any atom is 0.223 e. The minimum Gasteiger partial charge on any atom is -0.359 e. The summed E-state index contributed by atoms with van der Waals surface area (Å²) in [5, 5.41) is 2.78. The van der Waals surface area contributed by atoms with Crippen molar-refractivity contribution in [1.29, 1.82) is 0 Å². The second-order valence-corrected chi connectivity index (χ2v) is 5.52. The quantitative estimate of drug-likeness (QED) is 0.663. The lowest BCUT2D eigenvalue weighted by molar-refractivity contribution is -0.130. The van der Waals surface area contributed by atoms with Gasteiger partial charge in [-0.3, -0.25) is 4.79 Å². The van der Waals surface area contributed by atoms with Crippen LogP contribution in [0.5, 0.6) is 0 Å². The maximum absolute atomic E-state index is 11.7. The SMILES string of the molecule is CNC(=O)C1C(C)(C)CCC1(C)C. The summed E-state index contributed by atoms with van der Waals surface area (Å²) >= 11 is 0. The molecule has 2 heteroatoms. The largest absolute Gasteiger partial charge is 0.359 e. The minimum atomic E-state index is 0.156. The standard InChI is InChI=1S/C11H21NO/c1-10(2)6-7-11(3,4)8(10)9(13)12-5/h8H,6-7H2,1-5H3,(H,12,13). The Hall–Kier alpha value is -0.530. The zero-order chi connectivity index (χ0) is 10.3. The first-order chi connectivity index (χ1) is 5.81. The smallest absolute Gasteiger partial charge is 0.223 e. The van der Waals surface area contributed by atoms with Gasteiger partial charge in [0.25, 0.3) is 0 Å². The molecule has 1 saturated carbocycles. The summed E-state index contributed by atoms with van der Waals surface area (Å²) in [6.07, 6.45) is 2.30. The van der Waals surface area contributed by atoms with E-state index in [-0.39, 0.29) is 22.7 Å². The molecule has 1 N–H and O–H groups in total. The summed E-state index contributed by atoms with van der Waals surface area (Å²) < 4.78 is 0. The Bertz CT molecular complexity index is 202. The van der Waals surface area contributed by atoms with Gasteiger partial charge in [0.2, 0.25) is 5.91 Å². The first kappa shape index (κ1) is 10.6. The fourth-order valence-electron chi connectivity index (χ4n) is 2.84. The van der Waals surface area contributed by atoms with Crippen molar-refractivity contribution < 1.29 is 4.79 Å². The van der Waals surface area contributed by atoms with Gasteiger partial charge >= 0.3 is 0 Å². The highest BCUT2D eigenvalue weighted by atomic mass is 16.1. The number of rotatable bonds is 1. The van der Waals surface area contributed by atoms with E-state index in [0.29, 0.717) is 0 Å². The van der Waals surface area contributed by atoms with Crippen molar-refractivity contribution in [1.82, 2.24) is 5.32 Å². The van der Waals surface area contributed by atoms with Gasteiger partial charge in [0.05, 0.1) is 0 Å². The van der Waals surface area contributed by atoms with Crippen LogP contribution in [0.2, 0.25) is 0 Å². The van der Waals surface area contributed by atoms with Crippen LogP contribution < -0.4 is 5.32 Å². The summed E-state index contributed by atoms with van der Waals surface area (Å²) in [5.74, 6) is 0.359. The molecule has 0 aromatic carbocycles. The Balaban J connectivity index is 2.94. The second kappa shape index (κ2) is 3.00. The van der Waals surface area contributed by atoms with Gasteiger partial charge in [-0.1, -0.05) is 27.7 Å². The number of carbonyl (C=O) groups is 1. The van der Waals surface area contributed by atoms with Gasteiger partial charge in [-0.05, 0) is 23.7 Å². The lowest BCUT2D eigenvalue weighted by Gasteiger charge is -2.33. The van der Waals surface area contributed by atoms with Gasteiger partial charge < -0.3 is 5.32 Å². The molecule has 0 heterocycles. The van der Waals surface area contributed by atoms with Crippen molar-refractivity contribution in [3.05, 3.63) is 0 Å². The fraction of sp³-hybridized carbons (Fsp3) is 0.909. The van der Waals surface area contributed by atoms with Crippen molar-refractivity contribution in [2.24, 2.45) is 16.7 Å². The molecule has 0 aromatic heterocycles. The van der Waals surface area contributed by atoms with E-state index >= 15 is 0 Å². The molecule has 1 aliphatic rings. The van der Waals surface area contributed by atoms with E-state index in [1.807, 2.05) is 0 Å². The molecule has 1 aliphatic carbocycles. The molecular formula is C11H21NO. The molecule has 76 valence electrons. The first-order valence-corrected chi connectivity index (χ1v) is 5.03. The van der Waals surface area contributed by atoms with Crippen LogP contribution in [0.3, 0.4) is 0 Å². The molecule has 0 saturated heterocycles. The molecule has 0 atom stereocenters. The molecule has 13 heavy (non-hydrogen) atoms. The van der Waals surface area contributed by atoms with E-state index in [1.165, 1.54) is 0 Å². The summed E-state index contributed by atoms with van der Waals surface area (Å²) in [4.78, 5) is 11.7. The number of amides is 1. The van der Waals surface area contributed by atoms with Crippen molar-refractivity contribution in [3.63, 3.8) is 0 Å². The third-order valence-corrected chi connectivity index (χ3v) is 3.49. The predicted octanol–water partition coefficient (Wildman–Crippen LogP) is 2.19. The normalized spacial score (nSPS) is 25.9. The van der Waals surface area contributed by atoms with Gasteiger partial charge in [-0.25, -0.2) is 0 Å². The van der Waals surface area contributed by atoms with E-state index in [9.17, 15) is 4.79 Å². The Labute approximate surface area is 81.1 Å². The maximum atomic E-state index is 11.7. The van der Waals surface area contributed by atoms with Crippen LogP contribution in [0.4, 0.5) is 0 Å². The van der Waals surface area contributed by atoms with Crippen LogP contribution in [0, 0.1) is 16.7 Å². The fourth-order valence-corrected chi connectivity index (χ4v) is 2.84. The van der Waals surface area contributed by atoms with E-state index in [2.05, 4.69) is 33.0 Å². The summed E-state index contributed by atoms with van der Waals surface area (Å²) in [6, 6.07) is 0. The second-order valence-electron chi connectivity index (χ2n) is 5.52. The van der Waals surface area contributed by atoms with Gasteiger partial charge in [0.1, 0.15) is 0 Å². The van der Waals surface area contributed by atoms with E-state index in [4.69, 9.17) is 0 Å². The molecule has 0 aliphatic heterocycles. The molecular weight excluding hydrogens is 162 g/mol. The zero-order valence-electron chi connectivity index (χ0n) is 9.40. The van der Waals surface area contributed by atoms with Gasteiger partial charge in [-0.2, -0.15) is 0 Å². The molecule has 1 fully saturated rings. The van der Waals surface area contributed by atoms with Crippen molar-refractivity contribution in [3.8, 4) is 0 Å². The molecule has 0 bridgehead atoms. The molecule has 0 spiro atoms. The summed E-state index contributed by atoms with van der Waals surface area (Å²) in [5.41, 5.74) is 0.313. The highest BCUT2D eigenvalue weighted by Gasteiger charge is 2.50. The first-order valence-electron chi connectivity index (χ1n) is 5.03. The molecule has 0 unspecified atom stereocenters. The van der Waals surface area contributed by atoms with E-state index in [1.54, 1.807) is 7.05 Å². The third kappa shape index (κ3) is 1.72. The van der Waals surface area contributed by atoms with Gasteiger partial charge in [-0.15, -0.1) is 0 Å². The van der Waals surface area contributed by atoms with Crippen LogP contribution in [-0.4, -0.2) is 13.0 Å². The molecule has 2 nitrogen and oxygen atoms in total. The molecule has 0 radical (unpaired) electrons. The third-order valence-electron chi connectivity index (χ3n) is 3.49. The Morgan fingerprint density at radius 2 is 1.54 bits per heavy atom. The monoisotopic (exact) mass is 183 g/mol. The predicted molar refractivity (Wildman–Crippen MR) is 54.4 cm³/mol. The Kier molecular flexibility index (Phi) is 2.44. The van der Waals surface area contributed by atoms with Crippen LogP contribution in [0.1, 0.15) is 40.5 Å². The number of hydrogen-bond donors (Lipinski definition) is 1. The number of carbonyl (C=O) groups excluding carboxylic acids is 1. The average molecular weight is 183 g/mol. The lowest BCUT2D eigenvalue weighted by Crippen LogP contribution is -2.40. The summed E-state index contributed by atoms with van der Waals surface area (Å²) in [6.45, 7) is 8.78. The molecule has 1 amide bonds. The van der Waals surface area contributed by atoms with Crippen LogP contribution >= 0.6 is 0 Å². The highest BCUT2D eigenvalue weighted by Crippen LogP contribution is 2.53. The highest BCUT2D eigenvalue weighted by molar-refractivity contribution is 5.80. The minimum absolute atomic E-state index is 0.156. The van der Waals surface area contributed by atoms with Crippen LogP contribution in [-0.2, 0) is 4.79 Å².